The molecular formula is C12H10BrOP. The molecule has 0 spiro atoms. The van der Waals surface area contributed by atoms with Gasteiger partial charge in [0.2, 0.25) is 0 Å². The van der Waals surface area contributed by atoms with Gasteiger partial charge >= 0.3 is 0 Å². The molecular weight excluding hydrogens is 271 g/mol. The van der Waals surface area contributed by atoms with E-state index in [1.54, 1.807) is 0 Å². The quantitative estimate of drug-likeness (QED) is 0.773. The zero-order valence-corrected chi connectivity index (χ0v) is 10.6. The van der Waals surface area contributed by atoms with Crippen LogP contribution in [0.2, 0.25) is 0 Å². The van der Waals surface area contributed by atoms with Gasteiger partial charge < -0.3 is 4.57 Å². The first-order valence-corrected chi connectivity index (χ1v) is 6.83. The van der Waals surface area contributed by atoms with Crippen molar-refractivity contribution < 1.29 is 4.57 Å². The third kappa shape index (κ3) is 2.58. The fourth-order valence-electron chi connectivity index (χ4n) is 1.36. The predicted molar refractivity (Wildman–Crippen MR) is 68.9 cm³/mol. The molecule has 15 heavy (non-hydrogen) atoms. The van der Waals surface area contributed by atoms with E-state index < -0.39 is 7.80 Å². The van der Waals surface area contributed by atoms with Gasteiger partial charge in [0.25, 0.3) is 0 Å². The van der Waals surface area contributed by atoms with Crippen LogP contribution in [0.4, 0.5) is 0 Å². The molecule has 0 amide bonds. The van der Waals surface area contributed by atoms with E-state index in [-0.39, 0.29) is 0 Å². The highest BCUT2D eigenvalue weighted by molar-refractivity contribution is 9.10. The molecule has 0 heterocycles. The van der Waals surface area contributed by atoms with Crippen LogP contribution in [0, 0.1) is 0 Å². The number of halogens is 1. The lowest BCUT2D eigenvalue weighted by molar-refractivity contribution is 0.598. The second kappa shape index (κ2) is 4.78. The number of hydrogen-bond donors (Lipinski definition) is 0. The van der Waals surface area contributed by atoms with Crippen molar-refractivity contribution in [3.8, 4) is 0 Å². The summed E-state index contributed by atoms with van der Waals surface area (Å²) in [5.41, 5.74) is 0. The zero-order chi connectivity index (χ0) is 10.7. The minimum Gasteiger partial charge on any atom is -0.317 e. The Morgan fingerprint density at radius 3 is 1.93 bits per heavy atom. The van der Waals surface area contributed by atoms with Gasteiger partial charge in [-0.25, -0.2) is 0 Å². The highest BCUT2D eigenvalue weighted by atomic mass is 79.9. The molecule has 2 aromatic rings. The summed E-state index contributed by atoms with van der Waals surface area (Å²) < 4.78 is 13.1. The molecule has 2 rings (SSSR count). The normalized spacial score (nSPS) is 12.3. The van der Waals surface area contributed by atoms with Gasteiger partial charge in [-0.05, 0) is 12.1 Å². The van der Waals surface area contributed by atoms with Crippen LogP contribution in [0.1, 0.15) is 0 Å². The highest BCUT2D eigenvalue weighted by Crippen LogP contribution is 2.20. The van der Waals surface area contributed by atoms with Crippen LogP contribution >= 0.6 is 23.7 Å². The predicted octanol–water partition coefficient (Wildman–Crippen LogP) is 2.96. The average molecular weight is 281 g/mol. The maximum atomic E-state index is 12.1. The van der Waals surface area contributed by atoms with Crippen molar-refractivity contribution in [1.82, 2.24) is 0 Å². The minimum absolute atomic E-state index is 0.898. The molecule has 2 aromatic carbocycles. The Morgan fingerprint density at radius 2 is 1.33 bits per heavy atom. The van der Waals surface area contributed by atoms with Crippen LogP contribution in [-0.2, 0) is 4.57 Å². The molecule has 0 bridgehead atoms. The summed E-state index contributed by atoms with van der Waals surface area (Å²) >= 11 is 3.36. The smallest absolute Gasteiger partial charge is 0.131 e. The van der Waals surface area contributed by atoms with Crippen molar-refractivity contribution in [2.45, 2.75) is 0 Å². The van der Waals surface area contributed by atoms with Gasteiger partial charge in [-0.3, -0.25) is 0 Å². The van der Waals surface area contributed by atoms with Crippen molar-refractivity contribution >= 4 is 34.3 Å². The molecule has 0 aliphatic heterocycles. The van der Waals surface area contributed by atoms with Gasteiger partial charge in [0.05, 0.1) is 0 Å². The third-order valence-electron chi connectivity index (χ3n) is 2.14. The van der Waals surface area contributed by atoms with Gasteiger partial charge in [-0.15, -0.1) is 0 Å². The lowest BCUT2D eigenvalue weighted by Gasteiger charge is -2.02. The summed E-state index contributed by atoms with van der Waals surface area (Å²) in [7, 11) is -1.83. The third-order valence-corrected chi connectivity index (χ3v) is 4.39. The van der Waals surface area contributed by atoms with E-state index in [0.29, 0.717) is 0 Å². The Balaban J connectivity index is 2.33. The maximum Gasteiger partial charge on any atom is 0.131 e. The van der Waals surface area contributed by atoms with Crippen molar-refractivity contribution in [2.75, 3.05) is 0 Å². The molecule has 0 saturated heterocycles. The first-order chi connectivity index (χ1) is 7.27. The van der Waals surface area contributed by atoms with E-state index in [9.17, 15) is 4.57 Å². The monoisotopic (exact) mass is 280 g/mol. The molecule has 1 atom stereocenters. The molecule has 0 saturated carbocycles. The Labute approximate surface area is 98.1 Å². The van der Waals surface area contributed by atoms with Gasteiger partial charge in [-0.2, -0.15) is 0 Å². The fourth-order valence-corrected chi connectivity index (χ4v) is 2.92. The number of benzene rings is 2. The van der Waals surface area contributed by atoms with Crippen molar-refractivity contribution in [3.05, 3.63) is 59.1 Å². The lowest BCUT2D eigenvalue weighted by atomic mass is 10.4. The van der Waals surface area contributed by atoms with E-state index >= 15 is 0 Å². The average Bonchev–Trinajstić information content (AvgIpc) is 2.30. The van der Waals surface area contributed by atoms with Crippen LogP contribution < -0.4 is 10.6 Å². The van der Waals surface area contributed by atoms with Crippen LogP contribution in [0.25, 0.3) is 0 Å². The highest BCUT2D eigenvalue weighted by Gasteiger charge is 2.04. The van der Waals surface area contributed by atoms with Gasteiger partial charge in [0.15, 0.2) is 0 Å². The zero-order valence-electron chi connectivity index (χ0n) is 7.98. The summed E-state index contributed by atoms with van der Waals surface area (Å²) in [6.07, 6.45) is 0. The van der Waals surface area contributed by atoms with Crippen LogP contribution in [0.3, 0.4) is 0 Å². The van der Waals surface area contributed by atoms with E-state index in [0.717, 1.165) is 15.1 Å². The molecule has 3 heteroatoms. The minimum atomic E-state index is -1.83. The van der Waals surface area contributed by atoms with Crippen LogP contribution in [0.15, 0.2) is 59.1 Å². The van der Waals surface area contributed by atoms with E-state index in [1.807, 2.05) is 54.6 Å². The van der Waals surface area contributed by atoms with Gasteiger partial charge in [0.1, 0.15) is 7.80 Å². The van der Waals surface area contributed by atoms with Crippen molar-refractivity contribution in [2.24, 2.45) is 0 Å². The van der Waals surface area contributed by atoms with E-state index in [1.165, 1.54) is 0 Å². The lowest BCUT2D eigenvalue weighted by Crippen LogP contribution is -2.05. The first-order valence-electron chi connectivity index (χ1n) is 4.63. The van der Waals surface area contributed by atoms with Crippen LogP contribution in [0.5, 0.6) is 0 Å². The van der Waals surface area contributed by atoms with Crippen molar-refractivity contribution in [3.63, 3.8) is 0 Å². The standard InChI is InChI=1S/C12H10BrOP/c13-10-6-8-12(9-7-10)15(14)11-4-2-1-3-5-11/h1-9,15H. The second-order valence-corrected chi connectivity index (χ2v) is 5.93. The largest absolute Gasteiger partial charge is 0.317 e. The Hall–Kier alpha value is -0.850. The summed E-state index contributed by atoms with van der Waals surface area (Å²) in [5.74, 6) is 0. The molecule has 76 valence electrons. The van der Waals surface area contributed by atoms with E-state index in [2.05, 4.69) is 15.9 Å². The first kappa shape index (κ1) is 10.7. The molecule has 0 aromatic heterocycles. The van der Waals surface area contributed by atoms with Gasteiger partial charge in [0, 0.05) is 15.1 Å². The van der Waals surface area contributed by atoms with Crippen molar-refractivity contribution in [1.29, 1.82) is 0 Å². The number of rotatable bonds is 2. The summed E-state index contributed by atoms with van der Waals surface area (Å²) in [5, 5.41) is 1.80. The fraction of sp³-hybridized carbons (Fsp3) is 0. The van der Waals surface area contributed by atoms with Crippen LogP contribution in [-0.4, -0.2) is 0 Å². The van der Waals surface area contributed by atoms with E-state index in [4.69, 9.17) is 0 Å². The SMILES string of the molecule is O=[PH](c1ccccc1)c1ccc(Br)cc1. The summed E-state index contributed by atoms with van der Waals surface area (Å²) in [4.78, 5) is 0. The number of hydrogen-bond acceptors (Lipinski definition) is 1. The molecule has 1 unspecified atom stereocenters. The molecule has 0 aliphatic carbocycles. The Kier molecular flexibility index (Phi) is 3.40. The Morgan fingerprint density at radius 1 is 0.800 bits per heavy atom. The Bertz CT molecular complexity index is 465. The van der Waals surface area contributed by atoms with Gasteiger partial charge in [-0.1, -0.05) is 58.4 Å². The summed E-state index contributed by atoms with van der Waals surface area (Å²) in [6.45, 7) is 0. The molecule has 0 fully saturated rings. The molecule has 1 nitrogen and oxygen atoms in total. The second-order valence-electron chi connectivity index (χ2n) is 3.20. The molecule has 0 radical (unpaired) electrons. The molecule has 0 N–H and O–H groups in total. The summed E-state index contributed by atoms with van der Waals surface area (Å²) in [6, 6.07) is 17.2. The maximum absolute atomic E-state index is 12.1. The topological polar surface area (TPSA) is 17.1 Å². The molecule has 0 aliphatic rings.